The van der Waals surface area contributed by atoms with Crippen LogP contribution < -0.4 is 10.6 Å². The fourth-order valence-corrected chi connectivity index (χ4v) is 1.39. The molecule has 0 unspecified atom stereocenters. The molecule has 27 heavy (non-hydrogen) atoms. The third kappa shape index (κ3) is 12.8. The molecule has 0 spiro atoms. The molecule has 0 amide bonds. The average molecular weight is 447 g/mol. The van der Waals surface area contributed by atoms with Gasteiger partial charge in [-0.25, -0.2) is 0 Å². The zero-order chi connectivity index (χ0) is 19.0. The number of rotatable bonds is 4. The Kier molecular flexibility index (Phi) is 14.8. The Bertz CT molecular complexity index is 662. The van der Waals surface area contributed by atoms with Crippen LogP contribution in [-0.4, -0.2) is 46.7 Å². The first-order valence-corrected chi connectivity index (χ1v) is 8.32. The summed E-state index contributed by atoms with van der Waals surface area (Å²) in [6.45, 7) is 0. The maximum atomic E-state index is 4.04. The summed E-state index contributed by atoms with van der Waals surface area (Å²) >= 11 is 7.96. The van der Waals surface area contributed by atoms with E-state index in [1.807, 2.05) is 36.4 Å². The van der Waals surface area contributed by atoms with Gasteiger partial charge in [0.2, 0.25) is 0 Å². The number of hydrogen-bond donors (Lipinski definition) is 2. The van der Waals surface area contributed by atoms with Gasteiger partial charge < -0.3 is 21.1 Å². The quantitative estimate of drug-likeness (QED) is 0.180. The molecule has 144 valence electrons. The van der Waals surface area contributed by atoms with Crippen molar-refractivity contribution in [1.82, 2.24) is 20.6 Å². The third-order valence-electron chi connectivity index (χ3n) is 2.51. The Morgan fingerprint density at radius 2 is 1.26 bits per heavy atom. The summed E-state index contributed by atoms with van der Waals surface area (Å²) in [7, 11) is 3.45. The fourth-order valence-electron chi connectivity index (χ4n) is 1.29. The standard InChI is InChI=1S/2C8H10N4S.Ni/c2*1-9-8(13)12-11-6-7-4-2-3-5-10-7;/h2*2-6H,1H3,(H2,9,10,12,13);/q;;+2. The van der Waals surface area contributed by atoms with E-state index in [-0.39, 0.29) is 16.5 Å². The maximum Gasteiger partial charge on any atom is 2.00 e. The number of hydrogen-bond acceptors (Lipinski definition) is 4. The van der Waals surface area contributed by atoms with E-state index in [9.17, 15) is 0 Å². The zero-order valence-corrected chi connectivity index (χ0v) is 17.4. The van der Waals surface area contributed by atoms with E-state index in [1.54, 1.807) is 38.9 Å². The van der Waals surface area contributed by atoms with Gasteiger partial charge in [0.25, 0.3) is 0 Å². The molecule has 0 radical (unpaired) electrons. The predicted molar refractivity (Wildman–Crippen MR) is 116 cm³/mol. The van der Waals surface area contributed by atoms with E-state index in [1.165, 1.54) is 0 Å². The molecule has 11 heteroatoms. The van der Waals surface area contributed by atoms with Crippen molar-refractivity contribution in [2.75, 3.05) is 14.1 Å². The van der Waals surface area contributed by atoms with Crippen molar-refractivity contribution in [1.29, 1.82) is 0 Å². The van der Waals surface area contributed by atoms with E-state index < -0.39 is 0 Å². The number of nitrogens with zero attached hydrogens (tertiary/aromatic N) is 6. The van der Waals surface area contributed by atoms with E-state index in [0.29, 0.717) is 10.2 Å². The van der Waals surface area contributed by atoms with Crippen molar-refractivity contribution in [2.45, 2.75) is 0 Å². The summed E-state index contributed by atoms with van der Waals surface area (Å²) < 4.78 is 0. The molecule has 2 aromatic rings. The van der Waals surface area contributed by atoms with Crippen LogP contribution in [0.4, 0.5) is 0 Å². The first kappa shape index (κ1) is 24.8. The van der Waals surface area contributed by atoms with Gasteiger partial charge in [0, 0.05) is 24.8 Å². The van der Waals surface area contributed by atoms with Crippen molar-refractivity contribution in [2.24, 2.45) is 10.2 Å². The second kappa shape index (κ2) is 16.0. The molecule has 2 N–H and O–H groups in total. The van der Waals surface area contributed by atoms with Crippen LogP contribution in [-0.2, 0) is 40.9 Å². The molecular weight excluding hydrogens is 427 g/mol. The molecule has 0 fully saturated rings. The molecule has 2 rings (SSSR count). The van der Waals surface area contributed by atoms with Crippen molar-refractivity contribution in [3.05, 3.63) is 71.0 Å². The van der Waals surface area contributed by atoms with Gasteiger partial charge in [-0.05, 0) is 38.4 Å². The molecule has 0 aliphatic rings. The SMILES string of the molecule is CNC(=[SH+])[N-]N=Cc1ccccn1.CNC(=[SH+])[N-]N=Cc1ccccn1.[Ni+2]. The molecule has 2 aromatic heterocycles. The number of thiol groups is 2. The minimum Gasteiger partial charge on any atom is -0.515 e. The molecule has 0 aliphatic heterocycles. The normalized spacial score (nSPS) is 9.85. The van der Waals surface area contributed by atoms with Gasteiger partial charge in [0.15, 0.2) is 34.7 Å². The second-order valence-electron chi connectivity index (χ2n) is 4.35. The Labute approximate surface area is 179 Å². The van der Waals surface area contributed by atoms with Crippen molar-refractivity contribution < 1.29 is 16.5 Å². The molecule has 0 saturated heterocycles. The van der Waals surface area contributed by atoms with E-state index >= 15 is 0 Å². The minimum atomic E-state index is 0. The first-order chi connectivity index (χ1) is 12.7. The van der Waals surface area contributed by atoms with Crippen LogP contribution in [0.2, 0.25) is 0 Å². The Morgan fingerprint density at radius 1 is 0.852 bits per heavy atom. The zero-order valence-electron chi connectivity index (χ0n) is 14.7. The van der Waals surface area contributed by atoms with Crippen LogP contribution in [0, 0.1) is 0 Å². The predicted octanol–water partition coefficient (Wildman–Crippen LogP) is 0.748. The van der Waals surface area contributed by atoms with Gasteiger partial charge >= 0.3 is 16.5 Å². The molecule has 0 atom stereocenters. The monoisotopic (exact) mass is 446 g/mol. The number of pyridine rings is 2. The van der Waals surface area contributed by atoms with Crippen molar-refractivity contribution in [3.8, 4) is 0 Å². The van der Waals surface area contributed by atoms with Gasteiger partial charge in [-0.1, -0.05) is 12.1 Å². The molecule has 8 nitrogen and oxygen atoms in total. The minimum absolute atomic E-state index is 0. The van der Waals surface area contributed by atoms with Crippen molar-refractivity contribution in [3.63, 3.8) is 0 Å². The van der Waals surface area contributed by atoms with Crippen LogP contribution >= 0.6 is 0 Å². The molecular formula is C16H20N8NiS2+2. The van der Waals surface area contributed by atoms with E-state index in [2.05, 4.69) is 66.1 Å². The largest absolute Gasteiger partial charge is 2.00 e. The van der Waals surface area contributed by atoms with Crippen LogP contribution in [0.25, 0.3) is 10.9 Å². The van der Waals surface area contributed by atoms with Crippen LogP contribution in [0.5, 0.6) is 0 Å². The molecule has 0 bridgehead atoms. The molecule has 0 aromatic carbocycles. The Morgan fingerprint density at radius 3 is 1.56 bits per heavy atom. The van der Waals surface area contributed by atoms with E-state index in [0.717, 1.165) is 11.4 Å². The van der Waals surface area contributed by atoms with Crippen LogP contribution in [0.1, 0.15) is 11.4 Å². The second-order valence-corrected chi connectivity index (χ2v) is 5.19. The molecule has 2 heterocycles. The summed E-state index contributed by atoms with van der Waals surface area (Å²) in [6, 6.07) is 11.2. The van der Waals surface area contributed by atoms with Crippen molar-refractivity contribution >= 4 is 47.1 Å². The van der Waals surface area contributed by atoms with E-state index in [4.69, 9.17) is 0 Å². The van der Waals surface area contributed by atoms with Gasteiger partial charge in [0.1, 0.15) is 0 Å². The third-order valence-corrected chi connectivity index (χ3v) is 3.13. The van der Waals surface area contributed by atoms with Gasteiger partial charge in [-0.15, -0.1) is 0 Å². The summed E-state index contributed by atoms with van der Waals surface area (Å²) in [5.41, 5.74) is 9.01. The smallest absolute Gasteiger partial charge is 0.515 e. The van der Waals surface area contributed by atoms with Gasteiger partial charge in [-0.3, -0.25) is 20.6 Å². The Hall–Kier alpha value is -2.17. The summed E-state index contributed by atoms with van der Waals surface area (Å²) in [5, 5.41) is 13.9. The molecule has 0 saturated carbocycles. The Balaban J connectivity index is 0.000000483. The molecule has 0 aliphatic carbocycles. The fraction of sp³-hybridized carbons (Fsp3) is 0.125. The number of aromatic nitrogens is 2. The van der Waals surface area contributed by atoms with Gasteiger partial charge in [-0.2, -0.15) is 0 Å². The van der Waals surface area contributed by atoms with Crippen LogP contribution in [0.3, 0.4) is 0 Å². The number of nitrogens with one attached hydrogen (secondary N) is 2. The first-order valence-electron chi connectivity index (χ1n) is 7.43. The van der Waals surface area contributed by atoms with Gasteiger partial charge in [0.05, 0.1) is 11.4 Å². The summed E-state index contributed by atoms with van der Waals surface area (Å²) in [6.07, 6.45) is 6.52. The van der Waals surface area contributed by atoms with Crippen LogP contribution in [0.15, 0.2) is 59.0 Å². The average Bonchev–Trinajstić information content (AvgIpc) is 2.70. The summed E-state index contributed by atoms with van der Waals surface area (Å²) in [4.78, 5) is 8.07. The summed E-state index contributed by atoms with van der Waals surface area (Å²) in [5.74, 6) is 0. The topological polar surface area (TPSA) is 103 Å². The maximum absolute atomic E-state index is 4.04.